The summed E-state index contributed by atoms with van der Waals surface area (Å²) in [6, 6.07) is 0. The number of rotatable bonds is 5. The molecule has 1 saturated carbocycles. The van der Waals surface area contributed by atoms with Crippen molar-refractivity contribution in [3.05, 3.63) is 12.2 Å². The SMILES string of the molecule is CCn1ncnc1CN(C)C1(CN)CCCC1. The first-order valence-corrected chi connectivity index (χ1v) is 6.50. The van der Waals surface area contributed by atoms with Crippen LogP contribution < -0.4 is 5.73 Å². The lowest BCUT2D eigenvalue weighted by Gasteiger charge is -2.37. The van der Waals surface area contributed by atoms with Gasteiger partial charge in [0.1, 0.15) is 12.2 Å². The van der Waals surface area contributed by atoms with E-state index in [0.717, 1.165) is 25.5 Å². The Bertz CT molecular complexity index is 354. The second-order valence-corrected chi connectivity index (χ2v) is 4.98. The third-order valence-electron chi connectivity index (χ3n) is 4.10. The second-order valence-electron chi connectivity index (χ2n) is 4.98. The number of hydrogen-bond acceptors (Lipinski definition) is 4. The predicted molar refractivity (Wildman–Crippen MR) is 67.4 cm³/mol. The van der Waals surface area contributed by atoms with Gasteiger partial charge in [0.2, 0.25) is 0 Å². The van der Waals surface area contributed by atoms with Crippen LogP contribution in [0.3, 0.4) is 0 Å². The topological polar surface area (TPSA) is 60.0 Å². The van der Waals surface area contributed by atoms with Crippen molar-refractivity contribution in [1.82, 2.24) is 19.7 Å². The summed E-state index contributed by atoms with van der Waals surface area (Å²) >= 11 is 0. The van der Waals surface area contributed by atoms with Crippen LogP contribution in [0.5, 0.6) is 0 Å². The Morgan fingerprint density at radius 3 is 2.76 bits per heavy atom. The molecule has 2 N–H and O–H groups in total. The first-order chi connectivity index (χ1) is 8.22. The molecule has 2 rings (SSSR count). The number of nitrogens with two attached hydrogens (primary N) is 1. The number of hydrogen-bond donors (Lipinski definition) is 1. The Morgan fingerprint density at radius 1 is 1.47 bits per heavy atom. The molecule has 0 amide bonds. The van der Waals surface area contributed by atoms with Gasteiger partial charge in [0.25, 0.3) is 0 Å². The summed E-state index contributed by atoms with van der Waals surface area (Å²) < 4.78 is 1.95. The lowest BCUT2D eigenvalue weighted by Crippen LogP contribution is -2.49. The molecular weight excluding hydrogens is 214 g/mol. The Hall–Kier alpha value is -0.940. The van der Waals surface area contributed by atoms with Crippen molar-refractivity contribution in [3.63, 3.8) is 0 Å². The van der Waals surface area contributed by atoms with E-state index in [1.54, 1.807) is 6.33 Å². The lowest BCUT2D eigenvalue weighted by molar-refractivity contribution is 0.119. The van der Waals surface area contributed by atoms with Gasteiger partial charge < -0.3 is 5.73 Å². The van der Waals surface area contributed by atoms with Gasteiger partial charge in [-0.25, -0.2) is 9.67 Å². The summed E-state index contributed by atoms with van der Waals surface area (Å²) in [6.07, 6.45) is 6.64. The molecule has 1 aromatic heterocycles. The van der Waals surface area contributed by atoms with E-state index in [9.17, 15) is 0 Å². The molecular formula is C12H23N5. The predicted octanol–water partition coefficient (Wildman–Crippen LogP) is 1.00. The molecule has 0 atom stereocenters. The molecule has 0 spiro atoms. The van der Waals surface area contributed by atoms with E-state index in [-0.39, 0.29) is 5.54 Å². The number of aryl methyl sites for hydroxylation is 1. The van der Waals surface area contributed by atoms with Gasteiger partial charge in [-0.15, -0.1) is 0 Å². The van der Waals surface area contributed by atoms with Crippen LogP contribution in [0.4, 0.5) is 0 Å². The van der Waals surface area contributed by atoms with E-state index in [2.05, 4.69) is 29.0 Å². The van der Waals surface area contributed by atoms with E-state index in [4.69, 9.17) is 5.73 Å². The Labute approximate surface area is 103 Å². The highest BCUT2D eigenvalue weighted by atomic mass is 15.3. The first kappa shape index (κ1) is 12.5. The van der Waals surface area contributed by atoms with E-state index in [1.807, 2.05) is 4.68 Å². The van der Waals surface area contributed by atoms with Crippen LogP contribution in [-0.4, -0.2) is 38.8 Å². The zero-order chi connectivity index (χ0) is 12.3. The quantitative estimate of drug-likeness (QED) is 0.830. The van der Waals surface area contributed by atoms with Gasteiger partial charge >= 0.3 is 0 Å². The number of aromatic nitrogens is 3. The van der Waals surface area contributed by atoms with E-state index >= 15 is 0 Å². The maximum atomic E-state index is 5.98. The van der Waals surface area contributed by atoms with E-state index in [0.29, 0.717) is 0 Å². The van der Waals surface area contributed by atoms with Crippen molar-refractivity contribution in [3.8, 4) is 0 Å². The van der Waals surface area contributed by atoms with Crippen molar-refractivity contribution in [1.29, 1.82) is 0 Å². The summed E-state index contributed by atoms with van der Waals surface area (Å²) in [6.45, 7) is 4.54. The smallest absolute Gasteiger partial charge is 0.141 e. The molecule has 1 aliphatic carbocycles. The highest BCUT2D eigenvalue weighted by molar-refractivity contribution is 4.97. The van der Waals surface area contributed by atoms with E-state index in [1.165, 1.54) is 25.7 Å². The Morgan fingerprint density at radius 2 is 2.18 bits per heavy atom. The van der Waals surface area contributed by atoms with Gasteiger partial charge in [0.15, 0.2) is 0 Å². The van der Waals surface area contributed by atoms with Crippen LogP contribution in [0.15, 0.2) is 6.33 Å². The van der Waals surface area contributed by atoms with Crippen LogP contribution in [0, 0.1) is 0 Å². The molecule has 0 unspecified atom stereocenters. The highest BCUT2D eigenvalue weighted by Gasteiger charge is 2.36. The minimum absolute atomic E-state index is 0.185. The summed E-state index contributed by atoms with van der Waals surface area (Å²) in [5, 5.41) is 4.21. The van der Waals surface area contributed by atoms with Gasteiger partial charge in [-0.05, 0) is 26.8 Å². The van der Waals surface area contributed by atoms with Gasteiger partial charge in [-0.2, -0.15) is 5.10 Å². The van der Waals surface area contributed by atoms with Gasteiger partial charge in [0, 0.05) is 18.6 Å². The molecule has 5 heteroatoms. The molecule has 96 valence electrons. The molecule has 17 heavy (non-hydrogen) atoms. The molecule has 1 heterocycles. The molecule has 0 aliphatic heterocycles. The van der Waals surface area contributed by atoms with Crippen molar-refractivity contribution in [2.45, 2.75) is 51.2 Å². The Balaban J connectivity index is 2.07. The third kappa shape index (κ3) is 2.35. The van der Waals surface area contributed by atoms with Crippen LogP contribution in [-0.2, 0) is 13.1 Å². The third-order valence-corrected chi connectivity index (χ3v) is 4.10. The minimum Gasteiger partial charge on any atom is -0.329 e. The summed E-state index contributed by atoms with van der Waals surface area (Å²) in [5.74, 6) is 1.04. The zero-order valence-corrected chi connectivity index (χ0v) is 10.9. The van der Waals surface area contributed by atoms with Crippen molar-refractivity contribution < 1.29 is 0 Å². The van der Waals surface area contributed by atoms with Crippen LogP contribution in [0.1, 0.15) is 38.4 Å². The maximum Gasteiger partial charge on any atom is 0.141 e. The average Bonchev–Trinajstić information content (AvgIpc) is 2.97. The zero-order valence-electron chi connectivity index (χ0n) is 10.9. The van der Waals surface area contributed by atoms with Crippen LogP contribution >= 0.6 is 0 Å². The summed E-state index contributed by atoms with van der Waals surface area (Å²) in [4.78, 5) is 6.70. The summed E-state index contributed by atoms with van der Waals surface area (Å²) in [7, 11) is 2.16. The normalized spacial score (nSPS) is 19.1. The van der Waals surface area contributed by atoms with Crippen molar-refractivity contribution >= 4 is 0 Å². The molecule has 0 bridgehead atoms. The molecule has 5 nitrogen and oxygen atoms in total. The molecule has 1 aromatic rings. The largest absolute Gasteiger partial charge is 0.329 e. The molecule has 0 aromatic carbocycles. The molecule has 0 radical (unpaired) electrons. The monoisotopic (exact) mass is 237 g/mol. The summed E-state index contributed by atoms with van der Waals surface area (Å²) in [5.41, 5.74) is 6.17. The lowest BCUT2D eigenvalue weighted by atomic mass is 9.96. The standard InChI is InChI=1S/C12H23N5/c1-3-17-11(14-10-15-17)8-16(2)12(9-13)6-4-5-7-12/h10H,3-9,13H2,1-2H3. The van der Waals surface area contributed by atoms with Gasteiger partial charge in [0.05, 0.1) is 6.54 Å². The second kappa shape index (κ2) is 5.14. The fourth-order valence-corrected chi connectivity index (χ4v) is 2.83. The van der Waals surface area contributed by atoms with Crippen molar-refractivity contribution in [2.75, 3.05) is 13.6 Å². The van der Waals surface area contributed by atoms with E-state index < -0.39 is 0 Å². The molecule has 1 aliphatic rings. The maximum absolute atomic E-state index is 5.98. The van der Waals surface area contributed by atoms with Gasteiger partial charge in [-0.1, -0.05) is 12.8 Å². The van der Waals surface area contributed by atoms with Crippen LogP contribution in [0.2, 0.25) is 0 Å². The fraction of sp³-hybridized carbons (Fsp3) is 0.833. The highest BCUT2D eigenvalue weighted by Crippen LogP contribution is 2.34. The van der Waals surface area contributed by atoms with Gasteiger partial charge in [-0.3, -0.25) is 4.90 Å². The van der Waals surface area contributed by atoms with Crippen LogP contribution in [0.25, 0.3) is 0 Å². The Kier molecular flexibility index (Phi) is 3.79. The number of nitrogens with zero attached hydrogens (tertiary/aromatic N) is 4. The number of likely N-dealkylation sites (N-methyl/N-ethyl adjacent to an activating group) is 1. The molecule has 0 saturated heterocycles. The molecule has 1 fully saturated rings. The van der Waals surface area contributed by atoms with Crippen molar-refractivity contribution in [2.24, 2.45) is 5.73 Å². The minimum atomic E-state index is 0.185. The average molecular weight is 237 g/mol. The fourth-order valence-electron chi connectivity index (χ4n) is 2.83. The first-order valence-electron chi connectivity index (χ1n) is 6.50.